The molecule has 18 heavy (non-hydrogen) atoms. The maximum atomic E-state index is 12.1. The van der Waals surface area contributed by atoms with E-state index in [4.69, 9.17) is 10.5 Å². The van der Waals surface area contributed by atoms with Gasteiger partial charge in [0.15, 0.2) is 0 Å². The summed E-state index contributed by atoms with van der Waals surface area (Å²) >= 11 is 0. The number of nitrogens with one attached hydrogen (secondary N) is 1. The summed E-state index contributed by atoms with van der Waals surface area (Å²) < 4.78 is 5.39. The van der Waals surface area contributed by atoms with Crippen molar-refractivity contribution in [3.8, 4) is 0 Å². The lowest BCUT2D eigenvalue weighted by Crippen LogP contribution is -2.57. The molecule has 0 bridgehead atoms. The molecule has 2 unspecified atom stereocenters. The molecular weight excluding hydrogens is 230 g/mol. The zero-order valence-corrected chi connectivity index (χ0v) is 11.8. The third-order valence-electron chi connectivity index (χ3n) is 3.44. The quantitative estimate of drug-likeness (QED) is 0.713. The van der Waals surface area contributed by atoms with Gasteiger partial charge in [-0.3, -0.25) is 9.69 Å². The second kappa shape index (κ2) is 7.71. The molecule has 1 aliphatic rings. The van der Waals surface area contributed by atoms with Gasteiger partial charge in [0.25, 0.3) is 0 Å². The minimum absolute atomic E-state index is 0.0935. The average Bonchev–Trinajstić information content (AvgIpc) is 2.37. The van der Waals surface area contributed by atoms with Crippen LogP contribution in [0.1, 0.15) is 27.2 Å². The van der Waals surface area contributed by atoms with E-state index >= 15 is 0 Å². The Kier molecular flexibility index (Phi) is 6.60. The number of amides is 1. The van der Waals surface area contributed by atoms with E-state index < -0.39 is 0 Å². The summed E-state index contributed by atoms with van der Waals surface area (Å²) in [7, 11) is 0. The van der Waals surface area contributed by atoms with Gasteiger partial charge in [0.05, 0.1) is 19.3 Å². The third kappa shape index (κ3) is 4.55. The van der Waals surface area contributed by atoms with Crippen LogP contribution in [0.5, 0.6) is 0 Å². The van der Waals surface area contributed by atoms with Crippen LogP contribution in [0.25, 0.3) is 0 Å². The summed E-state index contributed by atoms with van der Waals surface area (Å²) in [5.74, 6) is 0.705. The smallest absolute Gasteiger partial charge is 0.237 e. The zero-order valence-electron chi connectivity index (χ0n) is 11.8. The highest BCUT2D eigenvalue weighted by atomic mass is 16.5. The molecule has 0 spiro atoms. The van der Waals surface area contributed by atoms with E-state index in [1.54, 1.807) is 0 Å². The topological polar surface area (TPSA) is 67.6 Å². The van der Waals surface area contributed by atoms with Crippen molar-refractivity contribution < 1.29 is 9.53 Å². The molecule has 2 atom stereocenters. The molecule has 1 aliphatic heterocycles. The Hall–Kier alpha value is -0.650. The first-order valence-electron chi connectivity index (χ1n) is 6.87. The Morgan fingerprint density at radius 2 is 2.22 bits per heavy atom. The van der Waals surface area contributed by atoms with Gasteiger partial charge in [-0.2, -0.15) is 0 Å². The molecule has 1 saturated heterocycles. The number of rotatable bonds is 6. The largest absolute Gasteiger partial charge is 0.378 e. The highest BCUT2D eigenvalue weighted by molar-refractivity contribution is 5.81. The lowest BCUT2D eigenvalue weighted by molar-refractivity contribution is -0.129. The lowest BCUT2D eigenvalue weighted by atomic mass is 10.1. The fraction of sp³-hybridized carbons (Fsp3) is 0.923. The summed E-state index contributed by atoms with van der Waals surface area (Å²) in [5.41, 5.74) is 5.72. The monoisotopic (exact) mass is 257 g/mol. The highest BCUT2D eigenvalue weighted by Crippen LogP contribution is 2.10. The first-order chi connectivity index (χ1) is 8.56. The predicted molar refractivity (Wildman–Crippen MR) is 72.3 cm³/mol. The Balaban J connectivity index is 2.41. The van der Waals surface area contributed by atoms with E-state index in [0.29, 0.717) is 25.7 Å². The van der Waals surface area contributed by atoms with Crippen molar-refractivity contribution in [3.63, 3.8) is 0 Å². The number of nitrogens with two attached hydrogens (primary N) is 1. The first kappa shape index (κ1) is 15.4. The molecule has 1 heterocycles. The minimum atomic E-state index is -0.130. The van der Waals surface area contributed by atoms with Gasteiger partial charge in [0.1, 0.15) is 0 Å². The van der Waals surface area contributed by atoms with E-state index in [9.17, 15) is 4.79 Å². The highest BCUT2D eigenvalue weighted by Gasteiger charge is 2.29. The van der Waals surface area contributed by atoms with E-state index in [1.165, 1.54) is 0 Å². The number of hydrogen-bond donors (Lipinski definition) is 2. The maximum absolute atomic E-state index is 12.1. The molecule has 106 valence electrons. The normalized spacial score (nSPS) is 23.1. The van der Waals surface area contributed by atoms with Crippen molar-refractivity contribution in [1.29, 1.82) is 0 Å². The Labute approximate surface area is 110 Å². The van der Waals surface area contributed by atoms with Crippen LogP contribution >= 0.6 is 0 Å². The average molecular weight is 257 g/mol. The molecule has 0 aromatic carbocycles. The molecule has 0 aromatic heterocycles. The molecule has 3 N–H and O–H groups in total. The van der Waals surface area contributed by atoms with Crippen molar-refractivity contribution >= 4 is 5.91 Å². The van der Waals surface area contributed by atoms with Crippen molar-refractivity contribution in [2.45, 2.75) is 39.3 Å². The summed E-state index contributed by atoms with van der Waals surface area (Å²) in [4.78, 5) is 14.2. The molecular formula is C13H27N3O2. The van der Waals surface area contributed by atoms with E-state index in [1.807, 2.05) is 6.92 Å². The fourth-order valence-electron chi connectivity index (χ4n) is 2.16. The summed E-state index contributed by atoms with van der Waals surface area (Å²) in [6, 6.07) is 0.0270. The molecule has 1 rings (SSSR count). The van der Waals surface area contributed by atoms with Gasteiger partial charge in [-0.15, -0.1) is 0 Å². The molecule has 1 fully saturated rings. The SMILES string of the molecule is CC(C)CCNC(=O)C(C)N1CCOCC1CN. The molecule has 5 heteroatoms. The first-order valence-corrected chi connectivity index (χ1v) is 6.87. The number of carbonyl (C=O) groups excluding carboxylic acids is 1. The number of ether oxygens (including phenoxy) is 1. The van der Waals surface area contributed by atoms with Crippen LogP contribution < -0.4 is 11.1 Å². The van der Waals surface area contributed by atoms with Crippen LogP contribution in [0.3, 0.4) is 0 Å². The molecule has 0 saturated carbocycles. The van der Waals surface area contributed by atoms with Crippen molar-refractivity contribution in [2.24, 2.45) is 11.7 Å². The van der Waals surface area contributed by atoms with Gasteiger partial charge < -0.3 is 15.8 Å². The van der Waals surface area contributed by atoms with Crippen LogP contribution in [-0.4, -0.2) is 55.7 Å². The van der Waals surface area contributed by atoms with Gasteiger partial charge in [0, 0.05) is 25.7 Å². The Morgan fingerprint density at radius 1 is 1.50 bits per heavy atom. The minimum Gasteiger partial charge on any atom is -0.378 e. The standard InChI is InChI=1S/C13H27N3O2/c1-10(2)4-5-15-13(17)11(3)16-6-7-18-9-12(16)8-14/h10-12H,4-9,14H2,1-3H3,(H,15,17). The van der Waals surface area contributed by atoms with Crippen molar-refractivity contribution in [2.75, 3.05) is 32.8 Å². The number of carbonyl (C=O) groups is 1. The molecule has 0 aromatic rings. The number of nitrogens with zero attached hydrogens (tertiary/aromatic N) is 1. The second-order valence-corrected chi connectivity index (χ2v) is 5.35. The summed E-state index contributed by atoms with van der Waals surface area (Å²) in [5, 5.41) is 2.99. The Bertz CT molecular complexity index is 259. The fourth-order valence-corrected chi connectivity index (χ4v) is 2.16. The van der Waals surface area contributed by atoms with Gasteiger partial charge in [0.2, 0.25) is 5.91 Å². The molecule has 1 amide bonds. The van der Waals surface area contributed by atoms with Crippen LogP contribution in [-0.2, 0) is 9.53 Å². The van der Waals surface area contributed by atoms with Crippen molar-refractivity contribution in [3.05, 3.63) is 0 Å². The Morgan fingerprint density at radius 3 is 2.83 bits per heavy atom. The number of hydrogen-bond acceptors (Lipinski definition) is 4. The maximum Gasteiger partial charge on any atom is 0.237 e. The molecule has 5 nitrogen and oxygen atoms in total. The van der Waals surface area contributed by atoms with Crippen molar-refractivity contribution in [1.82, 2.24) is 10.2 Å². The third-order valence-corrected chi connectivity index (χ3v) is 3.44. The van der Waals surface area contributed by atoms with E-state index in [-0.39, 0.29) is 18.0 Å². The summed E-state index contributed by atoms with van der Waals surface area (Å²) in [6.07, 6.45) is 1.02. The van der Waals surface area contributed by atoms with E-state index in [2.05, 4.69) is 24.1 Å². The van der Waals surface area contributed by atoms with Crippen LogP contribution in [0.4, 0.5) is 0 Å². The van der Waals surface area contributed by atoms with Crippen LogP contribution in [0.15, 0.2) is 0 Å². The van der Waals surface area contributed by atoms with Gasteiger partial charge in [-0.05, 0) is 19.3 Å². The number of morpholine rings is 1. The van der Waals surface area contributed by atoms with Crippen LogP contribution in [0.2, 0.25) is 0 Å². The summed E-state index contributed by atoms with van der Waals surface area (Å²) in [6.45, 7) is 9.62. The van der Waals surface area contributed by atoms with Gasteiger partial charge in [-0.25, -0.2) is 0 Å². The molecule has 0 radical (unpaired) electrons. The van der Waals surface area contributed by atoms with Gasteiger partial charge in [-0.1, -0.05) is 13.8 Å². The second-order valence-electron chi connectivity index (χ2n) is 5.35. The van der Waals surface area contributed by atoms with E-state index in [0.717, 1.165) is 19.5 Å². The molecule has 0 aliphatic carbocycles. The zero-order chi connectivity index (χ0) is 13.5. The van der Waals surface area contributed by atoms with Gasteiger partial charge >= 0.3 is 0 Å². The lowest BCUT2D eigenvalue weighted by Gasteiger charge is -2.38. The predicted octanol–water partition coefficient (Wildman–Crippen LogP) is 0.197. The van der Waals surface area contributed by atoms with Crippen LogP contribution in [0, 0.1) is 5.92 Å².